The summed E-state index contributed by atoms with van der Waals surface area (Å²) in [7, 11) is 0. The number of hydrogen-bond donors (Lipinski definition) is 0. The van der Waals surface area contributed by atoms with Crippen molar-refractivity contribution in [1.29, 1.82) is 0 Å². The molecule has 0 N–H and O–H groups in total. The molecule has 2 rings (SSSR count). The summed E-state index contributed by atoms with van der Waals surface area (Å²) in [6.07, 6.45) is -0.151. The number of rotatable bonds is 2. The van der Waals surface area contributed by atoms with Gasteiger partial charge in [-0.05, 0) is 32.9 Å². The average Bonchev–Trinajstić information content (AvgIpc) is 2.40. The number of carbonyl (C=O) groups excluding carboxylic acids is 1. The second-order valence-corrected chi connectivity index (χ2v) is 5.77. The van der Waals surface area contributed by atoms with Crippen molar-refractivity contribution in [3.63, 3.8) is 0 Å². The Kier molecular flexibility index (Phi) is 3.95. The van der Waals surface area contributed by atoms with Crippen LogP contribution in [-0.2, 0) is 4.74 Å². The van der Waals surface area contributed by atoms with Gasteiger partial charge in [-0.25, -0.2) is 4.39 Å². The lowest BCUT2D eigenvalue weighted by atomic mass is 9.99. The number of nitro groups is 1. The Labute approximate surface area is 121 Å². The van der Waals surface area contributed by atoms with Crippen LogP contribution in [0.5, 0.6) is 0 Å². The van der Waals surface area contributed by atoms with Gasteiger partial charge in [0.2, 0.25) is 0 Å². The largest absolute Gasteiger partial charge is 0.374 e. The van der Waals surface area contributed by atoms with Gasteiger partial charge in [-0.1, -0.05) is 0 Å². The maximum Gasteiger partial charge on any atom is 0.285 e. The van der Waals surface area contributed by atoms with E-state index in [9.17, 15) is 19.3 Å². The molecule has 1 amide bonds. The topological polar surface area (TPSA) is 72.7 Å². The van der Waals surface area contributed by atoms with Crippen molar-refractivity contribution in [2.45, 2.75) is 32.4 Å². The van der Waals surface area contributed by atoms with E-state index in [-0.39, 0.29) is 11.7 Å². The van der Waals surface area contributed by atoms with Crippen LogP contribution in [-0.4, -0.2) is 40.5 Å². The van der Waals surface area contributed by atoms with Crippen molar-refractivity contribution < 1.29 is 18.8 Å². The molecule has 0 unspecified atom stereocenters. The van der Waals surface area contributed by atoms with Crippen molar-refractivity contribution >= 4 is 11.6 Å². The first kappa shape index (κ1) is 15.4. The van der Waals surface area contributed by atoms with E-state index >= 15 is 0 Å². The maximum atomic E-state index is 13.2. The fourth-order valence-corrected chi connectivity index (χ4v) is 2.32. The lowest BCUT2D eigenvalue weighted by Crippen LogP contribution is -2.57. The van der Waals surface area contributed by atoms with Gasteiger partial charge in [-0.2, -0.15) is 0 Å². The van der Waals surface area contributed by atoms with Crippen LogP contribution in [0.3, 0.4) is 0 Å². The number of benzene rings is 1. The average molecular weight is 296 g/mol. The number of carbonyl (C=O) groups is 1. The minimum absolute atomic E-state index is 0.108. The van der Waals surface area contributed by atoms with Gasteiger partial charge in [0.1, 0.15) is 11.4 Å². The van der Waals surface area contributed by atoms with Crippen LogP contribution in [0.4, 0.5) is 10.1 Å². The molecular weight excluding hydrogens is 279 g/mol. The first-order valence-electron chi connectivity index (χ1n) is 6.60. The first-order chi connectivity index (χ1) is 9.72. The van der Waals surface area contributed by atoms with Crippen LogP contribution in [0, 0.1) is 15.9 Å². The third-order valence-electron chi connectivity index (χ3n) is 3.52. The minimum atomic E-state index is -0.743. The smallest absolute Gasteiger partial charge is 0.285 e. The lowest BCUT2D eigenvalue weighted by Gasteiger charge is -2.44. The minimum Gasteiger partial charge on any atom is -0.374 e. The molecule has 1 saturated heterocycles. The van der Waals surface area contributed by atoms with E-state index < -0.39 is 27.9 Å². The van der Waals surface area contributed by atoms with Crippen molar-refractivity contribution in [2.24, 2.45) is 0 Å². The van der Waals surface area contributed by atoms with Crippen LogP contribution < -0.4 is 0 Å². The standard InChI is InChI=1S/C14H17FN2O4/c1-9-7-16(14(2,3)8-21-9)13(18)11-5-4-10(15)6-12(11)17(19)20/h4-6,9H,7-8H2,1-3H3/t9-/m1/s1. The molecule has 1 atom stereocenters. The number of morpholine rings is 1. The fraction of sp³-hybridized carbons (Fsp3) is 0.500. The molecule has 1 fully saturated rings. The SMILES string of the molecule is C[C@@H]1CN(C(=O)c2ccc(F)cc2[N+](=O)[O-])C(C)(C)CO1. The van der Waals surface area contributed by atoms with Gasteiger partial charge in [-0.3, -0.25) is 14.9 Å². The highest BCUT2D eigenvalue weighted by Crippen LogP contribution is 2.28. The van der Waals surface area contributed by atoms with Gasteiger partial charge in [0.15, 0.2) is 0 Å². The molecule has 1 heterocycles. The normalized spacial score (nSPS) is 21.1. The zero-order valence-electron chi connectivity index (χ0n) is 12.1. The van der Waals surface area contributed by atoms with Crippen LogP contribution in [0.2, 0.25) is 0 Å². The Balaban J connectivity index is 2.41. The van der Waals surface area contributed by atoms with Crippen LogP contribution in [0.25, 0.3) is 0 Å². The molecule has 0 bridgehead atoms. The highest BCUT2D eigenvalue weighted by atomic mass is 19.1. The molecule has 21 heavy (non-hydrogen) atoms. The van der Waals surface area contributed by atoms with Gasteiger partial charge < -0.3 is 9.64 Å². The number of amides is 1. The summed E-state index contributed by atoms with van der Waals surface area (Å²) in [5.41, 5.74) is -1.20. The van der Waals surface area contributed by atoms with E-state index in [2.05, 4.69) is 0 Å². The van der Waals surface area contributed by atoms with Crippen LogP contribution >= 0.6 is 0 Å². The molecule has 0 aromatic heterocycles. The highest BCUT2D eigenvalue weighted by molar-refractivity contribution is 5.98. The molecule has 0 saturated carbocycles. The predicted molar refractivity (Wildman–Crippen MR) is 73.6 cm³/mol. The number of halogens is 1. The molecule has 0 aliphatic carbocycles. The molecule has 1 aliphatic rings. The molecule has 6 nitrogen and oxygen atoms in total. The summed E-state index contributed by atoms with van der Waals surface area (Å²) in [6.45, 7) is 6.15. The predicted octanol–water partition coefficient (Wildman–Crippen LogP) is 2.37. The quantitative estimate of drug-likeness (QED) is 0.620. The summed E-state index contributed by atoms with van der Waals surface area (Å²) < 4.78 is 18.7. The Morgan fingerprint density at radius 3 is 2.81 bits per heavy atom. The zero-order chi connectivity index (χ0) is 15.8. The number of nitro benzene ring substituents is 1. The fourth-order valence-electron chi connectivity index (χ4n) is 2.32. The highest BCUT2D eigenvalue weighted by Gasteiger charge is 2.39. The second-order valence-electron chi connectivity index (χ2n) is 5.77. The van der Waals surface area contributed by atoms with E-state index in [4.69, 9.17) is 4.74 Å². The summed E-state index contributed by atoms with van der Waals surface area (Å²) in [6, 6.07) is 2.98. The third-order valence-corrected chi connectivity index (χ3v) is 3.52. The van der Waals surface area contributed by atoms with Gasteiger partial charge in [0, 0.05) is 6.54 Å². The lowest BCUT2D eigenvalue weighted by molar-refractivity contribution is -0.385. The molecular formula is C14H17FN2O4. The zero-order valence-corrected chi connectivity index (χ0v) is 12.1. The van der Waals surface area contributed by atoms with E-state index in [1.165, 1.54) is 0 Å². The molecule has 7 heteroatoms. The van der Waals surface area contributed by atoms with E-state index in [0.29, 0.717) is 13.2 Å². The number of nitrogens with zero attached hydrogens (tertiary/aromatic N) is 2. The molecule has 1 aromatic rings. The summed E-state index contributed by atoms with van der Waals surface area (Å²) in [4.78, 5) is 24.5. The van der Waals surface area contributed by atoms with Crippen LogP contribution in [0.1, 0.15) is 31.1 Å². The molecule has 1 aliphatic heterocycles. The Morgan fingerprint density at radius 1 is 1.52 bits per heavy atom. The van der Waals surface area contributed by atoms with Crippen molar-refractivity contribution in [2.75, 3.05) is 13.2 Å². The Hall–Kier alpha value is -2.02. The molecule has 1 aromatic carbocycles. The third kappa shape index (κ3) is 3.02. The Morgan fingerprint density at radius 2 is 2.19 bits per heavy atom. The molecule has 114 valence electrons. The Bertz CT molecular complexity index is 588. The molecule has 0 radical (unpaired) electrons. The monoisotopic (exact) mass is 296 g/mol. The first-order valence-corrected chi connectivity index (χ1v) is 6.60. The maximum absolute atomic E-state index is 13.2. The van der Waals surface area contributed by atoms with Gasteiger partial charge >= 0.3 is 0 Å². The van der Waals surface area contributed by atoms with Crippen molar-refractivity contribution in [3.8, 4) is 0 Å². The number of ether oxygens (including phenoxy) is 1. The van der Waals surface area contributed by atoms with E-state index in [1.807, 2.05) is 20.8 Å². The van der Waals surface area contributed by atoms with Gasteiger partial charge in [-0.15, -0.1) is 0 Å². The number of hydrogen-bond acceptors (Lipinski definition) is 4. The van der Waals surface area contributed by atoms with Gasteiger partial charge in [0.05, 0.1) is 29.2 Å². The van der Waals surface area contributed by atoms with E-state index in [1.54, 1.807) is 4.90 Å². The van der Waals surface area contributed by atoms with Crippen LogP contribution in [0.15, 0.2) is 18.2 Å². The summed E-state index contributed by atoms with van der Waals surface area (Å²) in [5.74, 6) is -1.23. The van der Waals surface area contributed by atoms with E-state index in [0.717, 1.165) is 18.2 Å². The van der Waals surface area contributed by atoms with Crippen molar-refractivity contribution in [3.05, 3.63) is 39.7 Å². The van der Waals surface area contributed by atoms with Crippen molar-refractivity contribution in [1.82, 2.24) is 4.90 Å². The summed E-state index contributed by atoms with van der Waals surface area (Å²) in [5, 5.41) is 11.0. The molecule has 0 spiro atoms. The second kappa shape index (κ2) is 5.40. The van der Waals surface area contributed by atoms with Gasteiger partial charge in [0.25, 0.3) is 11.6 Å². The summed E-state index contributed by atoms with van der Waals surface area (Å²) >= 11 is 0.